The van der Waals surface area contributed by atoms with Crippen LogP contribution >= 0.6 is 0 Å². The predicted octanol–water partition coefficient (Wildman–Crippen LogP) is 2.63. The first kappa shape index (κ1) is 11.0. The predicted molar refractivity (Wildman–Crippen MR) is 70.9 cm³/mol. The summed E-state index contributed by atoms with van der Waals surface area (Å²) in [4.78, 5) is 0. The van der Waals surface area contributed by atoms with Crippen molar-refractivity contribution in [2.45, 2.75) is 13.5 Å². The highest BCUT2D eigenvalue weighted by atomic mass is 28.3. The van der Waals surface area contributed by atoms with E-state index in [-0.39, 0.29) is 0 Å². The van der Waals surface area contributed by atoms with E-state index in [0.717, 1.165) is 5.75 Å². The van der Waals surface area contributed by atoms with Gasteiger partial charge < -0.3 is 4.43 Å². The maximum absolute atomic E-state index is 5.98. The van der Waals surface area contributed by atoms with Crippen LogP contribution in [0.4, 0.5) is 0 Å². The SMILES string of the molecule is Cc1ccc([SiH](C)Oc2ccccc2)cc1. The molecule has 0 spiro atoms. The third kappa shape index (κ3) is 2.73. The summed E-state index contributed by atoms with van der Waals surface area (Å²) in [5, 5.41) is 1.34. The van der Waals surface area contributed by atoms with Gasteiger partial charge >= 0.3 is 0 Å². The zero-order valence-corrected chi connectivity index (χ0v) is 10.8. The van der Waals surface area contributed by atoms with E-state index in [4.69, 9.17) is 4.43 Å². The largest absolute Gasteiger partial charge is 0.542 e. The van der Waals surface area contributed by atoms with Crippen LogP contribution in [0.5, 0.6) is 5.75 Å². The second kappa shape index (κ2) is 4.99. The van der Waals surface area contributed by atoms with Crippen molar-refractivity contribution in [3.8, 4) is 5.75 Å². The zero-order chi connectivity index (χ0) is 11.4. The smallest absolute Gasteiger partial charge is 0.264 e. The summed E-state index contributed by atoms with van der Waals surface area (Å²) in [6.07, 6.45) is 0. The third-order valence-corrected chi connectivity index (χ3v) is 4.55. The van der Waals surface area contributed by atoms with E-state index in [1.807, 2.05) is 30.3 Å². The van der Waals surface area contributed by atoms with Crippen LogP contribution < -0.4 is 9.61 Å². The second-order valence-electron chi connectivity index (χ2n) is 3.98. The molecule has 2 heteroatoms. The second-order valence-corrected chi connectivity index (χ2v) is 6.17. The van der Waals surface area contributed by atoms with Crippen LogP contribution in [-0.4, -0.2) is 9.04 Å². The maximum Gasteiger partial charge on any atom is 0.264 e. The Kier molecular flexibility index (Phi) is 3.42. The Hall–Kier alpha value is -1.54. The molecule has 0 bridgehead atoms. The first-order valence-electron chi connectivity index (χ1n) is 5.54. The molecule has 16 heavy (non-hydrogen) atoms. The number of aryl methyl sites for hydroxylation is 1. The molecular weight excluding hydrogens is 212 g/mol. The van der Waals surface area contributed by atoms with E-state index in [2.05, 4.69) is 37.7 Å². The zero-order valence-electron chi connectivity index (χ0n) is 9.68. The van der Waals surface area contributed by atoms with Crippen LogP contribution in [0.3, 0.4) is 0 Å². The number of benzene rings is 2. The van der Waals surface area contributed by atoms with Crippen molar-refractivity contribution in [3.63, 3.8) is 0 Å². The van der Waals surface area contributed by atoms with Gasteiger partial charge in [0.1, 0.15) is 5.75 Å². The maximum atomic E-state index is 5.98. The summed E-state index contributed by atoms with van der Waals surface area (Å²) in [5.74, 6) is 0.974. The van der Waals surface area contributed by atoms with Crippen LogP contribution in [0.1, 0.15) is 5.56 Å². The molecule has 2 aromatic rings. The van der Waals surface area contributed by atoms with Crippen LogP contribution in [0.2, 0.25) is 6.55 Å². The molecule has 2 rings (SSSR count). The Labute approximate surface area is 98.4 Å². The number of rotatable bonds is 3. The first-order valence-corrected chi connectivity index (χ1v) is 7.74. The standard InChI is InChI=1S/C14H16OSi/c1-12-8-10-14(11-9-12)16(2)15-13-6-4-3-5-7-13/h3-11,16H,1-2H3. The van der Waals surface area contributed by atoms with Crippen molar-refractivity contribution in [3.05, 3.63) is 60.2 Å². The summed E-state index contributed by atoms with van der Waals surface area (Å²) in [7, 11) is -1.31. The van der Waals surface area contributed by atoms with Gasteiger partial charge in [-0.05, 0) is 30.8 Å². The topological polar surface area (TPSA) is 9.23 Å². The Bertz CT molecular complexity index is 436. The molecule has 0 amide bonds. The van der Waals surface area contributed by atoms with Crippen molar-refractivity contribution in [1.82, 2.24) is 0 Å². The molecule has 1 nitrogen and oxygen atoms in total. The number of para-hydroxylation sites is 1. The van der Waals surface area contributed by atoms with Crippen LogP contribution in [-0.2, 0) is 0 Å². The fraction of sp³-hybridized carbons (Fsp3) is 0.143. The molecule has 82 valence electrons. The van der Waals surface area contributed by atoms with Gasteiger partial charge in [0.2, 0.25) is 0 Å². The van der Waals surface area contributed by atoms with Crippen molar-refractivity contribution >= 4 is 14.2 Å². The molecule has 2 aromatic carbocycles. The van der Waals surface area contributed by atoms with Gasteiger partial charge in [0.15, 0.2) is 0 Å². The van der Waals surface area contributed by atoms with E-state index < -0.39 is 9.04 Å². The monoisotopic (exact) mass is 228 g/mol. The summed E-state index contributed by atoms with van der Waals surface area (Å²) in [6.45, 7) is 4.31. The van der Waals surface area contributed by atoms with E-state index in [1.165, 1.54) is 10.8 Å². The normalized spacial score (nSPS) is 12.1. The molecule has 0 aromatic heterocycles. The fourth-order valence-corrected chi connectivity index (χ4v) is 3.04. The molecule has 0 saturated heterocycles. The molecule has 0 fully saturated rings. The minimum atomic E-state index is -1.31. The van der Waals surface area contributed by atoms with Crippen molar-refractivity contribution < 1.29 is 4.43 Å². The molecule has 0 radical (unpaired) electrons. The van der Waals surface area contributed by atoms with Crippen molar-refractivity contribution in [2.24, 2.45) is 0 Å². The minimum Gasteiger partial charge on any atom is -0.542 e. The molecule has 0 aliphatic carbocycles. The quantitative estimate of drug-likeness (QED) is 0.734. The van der Waals surface area contributed by atoms with Gasteiger partial charge in [0, 0.05) is 0 Å². The van der Waals surface area contributed by atoms with E-state index >= 15 is 0 Å². The Balaban J connectivity index is 2.09. The fourth-order valence-electron chi connectivity index (χ4n) is 1.61. The lowest BCUT2D eigenvalue weighted by Crippen LogP contribution is -2.32. The number of hydrogen-bond acceptors (Lipinski definition) is 1. The average Bonchev–Trinajstić information content (AvgIpc) is 2.31. The van der Waals surface area contributed by atoms with Gasteiger partial charge in [-0.25, -0.2) is 0 Å². The average molecular weight is 228 g/mol. The summed E-state index contributed by atoms with van der Waals surface area (Å²) in [6, 6.07) is 18.7. The van der Waals surface area contributed by atoms with Crippen LogP contribution in [0.25, 0.3) is 0 Å². The highest BCUT2D eigenvalue weighted by Crippen LogP contribution is 2.09. The highest BCUT2D eigenvalue weighted by Gasteiger charge is 2.09. The molecular formula is C14H16OSi. The molecule has 0 aliphatic heterocycles. The summed E-state index contributed by atoms with van der Waals surface area (Å²) < 4.78 is 5.98. The lowest BCUT2D eigenvalue weighted by Gasteiger charge is -2.13. The van der Waals surface area contributed by atoms with Gasteiger partial charge in [0.25, 0.3) is 9.04 Å². The van der Waals surface area contributed by atoms with Gasteiger partial charge in [-0.1, -0.05) is 48.0 Å². The van der Waals surface area contributed by atoms with Gasteiger partial charge in [0.05, 0.1) is 0 Å². The lowest BCUT2D eigenvalue weighted by atomic mass is 10.2. The van der Waals surface area contributed by atoms with E-state index in [9.17, 15) is 0 Å². The molecule has 1 atom stereocenters. The Morgan fingerprint density at radius 1 is 0.875 bits per heavy atom. The lowest BCUT2D eigenvalue weighted by molar-refractivity contribution is 0.586. The third-order valence-electron chi connectivity index (χ3n) is 2.60. The van der Waals surface area contributed by atoms with Crippen LogP contribution in [0, 0.1) is 6.92 Å². The van der Waals surface area contributed by atoms with Gasteiger partial charge in [-0.15, -0.1) is 0 Å². The van der Waals surface area contributed by atoms with E-state index in [1.54, 1.807) is 0 Å². The molecule has 0 saturated carbocycles. The molecule has 0 aliphatic rings. The molecule has 0 N–H and O–H groups in total. The first-order chi connectivity index (χ1) is 7.75. The van der Waals surface area contributed by atoms with Crippen molar-refractivity contribution in [2.75, 3.05) is 0 Å². The number of hydrogen-bond donors (Lipinski definition) is 0. The minimum absolute atomic E-state index is 0.974. The summed E-state index contributed by atoms with van der Waals surface area (Å²) in [5.41, 5.74) is 1.30. The summed E-state index contributed by atoms with van der Waals surface area (Å²) >= 11 is 0. The van der Waals surface area contributed by atoms with Crippen molar-refractivity contribution in [1.29, 1.82) is 0 Å². The molecule has 0 heterocycles. The molecule has 1 unspecified atom stereocenters. The van der Waals surface area contributed by atoms with Crippen LogP contribution in [0.15, 0.2) is 54.6 Å². The van der Waals surface area contributed by atoms with Gasteiger partial charge in [-0.3, -0.25) is 0 Å². The van der Waals surface area contributed by atoms with E-state index in [0.29, 0.717) is 0 Å². The Morgan fingerprint density at radius 3 is 2.12 bits per heavy atom. The Morgan fingerprint density at radius 2 is 1.50 bits per heavy atom. The highest BCUT2D eigenvalue weighted by molar-refractivity contribution is 6.66. The van der Waals surface area contributed by atoms with Gasteiger partial charge in [-0.2, -0.15) is 0 Å².